The second-order valence-electron chi connectivity index (χ2n) is 4.22. The molecule has 0 unspecified atom stereocenters. The third kappa shape index (κ3) is 5.95. The number of allylic oxidation sites excluding steroid dienone is 1. The van der Waals surface area contributed by atoms with Crippen molar-refractivity contribution in [1.82, 2.24) is 0 Å². The highest BCUT2D eigenvalue weighted by atomic mass is 32.2. The number of thioether (sulfide) groups is 1. The average molecular weight is 244 g/mol. The van der Waals surface area contributed by atoms with Gasteiger partial charge in [-0.1, -0.05) is 6.08 Å². The van der Waals surface area contributed by atoms with Gasteiger partial charge in [-0.25, -0.2) is 0 Å². The normalized spacial score (nSPS) is 10.9. The molecule has 0 N–H and O–H groups in total. The average Bonchev–Trinajstić information content (AvgIpc) is 2.22. The van der Waals surface area contributed by atoms with Crippen molar-refractivity contribution >= 4 is 23.5 Å². The number of hydrogen-bond acceptors (Lipinski definition) is 4. The Bertz CT molecular complexity index is 259. The van der Waals surface area contributed by atoms with Gasteiger partial charge < -0.3 is 4.74 Å². The van der Waals surface area contributed by atoms with Crippen LogP contribution in [-0.4, -0.2) is 30.4 Å². The standard InChI is InChI=1S/C12H20O3S/c1-5-6-7-16-9-10(13)8-12(2,3)11(14)15-4/h5H,1,6-9H2,2-4H3. The maximum absolute atomic E-state index is 11.6. The van der Waals surface area contributed by atoms with Crippen LogP contribution in [0.5, 0.6) is 0 Å². The Kier molecular flexibility index (Phi) is 7.13. The summed E-state index contributed by atoms with van der Waals surface area (Å²) in [5, 5.41) is 0. The zero-order valence-corrected chi connectivity index (χ0v) is 11.1. The van der Waals surface area contributed by atoms with Crippen molar-refractivity contribution in [2.45, 2.75) is 26.7 Å². The first-order valence-corrected chi connectivity index (χ1v) is 6.38. The van der Waals surface area contributed by atoms with E-state index in [1.54, 1.807) is 25.6 Å². The van der Waals surface area contributed by atoms with Gasteiger partial charge in [0.25, 0.3) is 0 Å². The van der Waals surface area contributed by atoms with E-state index in [9.17, 15) is 9.59 Å². The minimum absolute atomic E-state index is 0.0875. The molecule has 0 saturated carbocycles. The number of rotatable bonds is 8. The summed E-state index contributed by atoms with van der Waals surface area (Å²) in [6.07, 6.45) is 2.97. The molecule has 3 nitrogen and oxygen atoms in total. The molecular formula is C12H20O3S. The predicted molar refractivity (Wildman–Crippen MR) is 67.6 cm³/mol. The van der Waals surface area contributed by atoms with Crippen molar-refractivity contribution in [1.29, 1.82) is 0 Å². The van der Waals surface area contributed by atoms with E-state index in [1.807, 2.05) is 6.08 Å². The molecular weight excluding hydrogens is 224 g/mol. The zero-order valence-electron chi connectivity index (χ0n) is 10.2. The number of esters is 1. The highest BCUT2D eigenvalue weighted by molar-refractivity contribution is 7.99. The van der Waals surface area contributed by atoms with Crippen molar-refractivity contribution in [2.75, 3.05) is 18.6 Å². The Hall–Kier alpha value is -0.770. The first kappa shape index (κ1) is 15.2. The van der Waals surface area contributed by atoms with E-state index in [-0.39, 0.29) is 18.2 Å². The molecule has 0 aliphatic heterocycles. The third-order valence-electron chi connectivity index (χ3n) is 2.11. The molecule has 0 fully saturated rings. The lowest BCUT2D eigenvalue weighted by Gasteiger charge is -2.20. The Balaban J connectivity index is 3.94. The van der Waals surface area contributed by atoms with E-state index in [4.69, 9.17) is 0 Å². The molecule has 0 rings (SSSR count). The summed E-state index contributed by atoms with van der Waals surface area (Å²) in [5.74, 6) is 1.10. The van der Waals surface area contributed by atoms with Gasteiger partial charge in [0.15, 0.2) is 0 Å². The van der Waals surface area contributed by atoms with Gasteiger partial charge in [0.2, 0.25) is 0 Å². The molecule has 92 valence electrons. The van der Waals surface area contributed by atoms with Crippen LogP contribution in [0.25, 0.3) is 0 Å². The molecule has 0 aromatic heterocycles. The fourth-order valence-electron chi connectivity index (χ4n) is 1.25. The van der Waals surface area contributed by atoms with E-state index in [0.29, 0.717) is 5.75 Å². The van der Waals surface area contributed by atoms with Crippen molar-refractivity contribution in [3.8, 4) is 0 Å². The number of carbonyl (C=O) groups is 2. The van der Waals surface area contributed by atoms with Crippen LogP contribution < -0.4 is 0 Å². The lowest BCUT2D eigenvalue weighted by Crippen LogP contribution is -2.29. The molecule has 0 radical (unpaired) electrons. The molecule has 16 heavy (non-hydrogen) atoms. The second-order valence-corrected chi connectivity index (χ2v) is 5.33. The van der Waals surface area contributed by atoms with E-state index in [1.165, 1.54) is 7.11 Å². The molecule has 0 spiro atoms. The summed E-state index contributed by atoms with van der Waals surface area (Å²) in [6.45, 7) is 7.07. The summed E-state index contributed by atoms with van der Waals surface area (Å²) < 4.78 is 4.65. The summed E-state index contributed by atoms with van der Waals surface area (Å²) in [4.78, 5) is 22.9. The fourth-order valence-corrected chi connectivity index (χ4v) is 2.05. The zero-order chi connectivity index (χ0) is 12.6. The first-order valence-electron chi connectivity index (χ1n) is 5.23. The van der Waals surface area contributed by atoms with E-state index in [0.717, 1.165) is 12.2 Å². The van der Waals surface area contributed by atoms with E-state index < -0.39 is 5.41 Å². The number of methoxy groups -OCH3 is 1. The van der Waals surface area contributed by atoms with E-state index in [2.05, 4.69) is 11.3 Å². The van der Waals surface area contributed by atoms with Gasteiger partial charge in [-0.15, -0.1) is 6.58 Å². The van der Waals surface area contributed by atoms with Crippen LogP contribution in [0.3, 0.4) is 0 Å². The summed E-state index contributed by atoms with van der Waals surface area (Å²) in [7, 11) is 1.34. The second kappa shape index (κ2) is 7.49. The first-order chi connectivity index (χ1) is 7.44. The number of Topliss-reactive ketones (excluding diaryl/α,β-unsaturated/α-hetero) is 1. The molecule has 0 aromatic carbocycles. The van der Waals surface area contributed by atoms with Crippen LogP contribution in [-0.2, 0) is 14.3 Å². The van der Waals surface area contributed by atoms with Gasteiger partial charge in [-0.2, -0.15) is 11.8 Å². The minimum atomic E-state index is -0.717. The van der Waals surface area contributed by atoms with Crippen molar-refractivity contribution in [3.05, 3.63) is 12.7 Å². The number of ether oxygens (including phenoxy) is 1. The van der Waals surface area contributed by atoms with Crippen molar-refractivity contribution < 1.29 is 14.3 Å². The SMILES string of the molecule is C=CCCSCC(=O)CC(C)(C)C(=O)OC. The topological polar surface area (TPSA) is 43.4 Å². The van der Waals surface area contributed by atoms with Crippen LogP contribution in [0, 0.1) is 5.41 Å². The largest absolute Gasteiger partial charge is 0.469 e. The van der Waals surface area contributed by atoms with Gasteiger partial charge in [0.1, 0.15) is 5.78 Å². The number of hydrogen-bond donors (Lipinski definition) is 0. The molecule has 0 atom stereocenters. The van der Waals surface area contributed by atoms with E-state index >= 15 is 0 Å². The molecule has 4 heteroatoms. The minimum Gasteiger partial charge on any atom is -0.469 e. The molecule has 0 aromatic rings. The maximum Gasteiger partial charge on any atom is 0.311 e. The molecule has 0 amide bonds. The molecule has 0 saturated heterocycles. The van der Waals surface area contributed by atoms with Gasteiger partial charge in [0, 0.05) is 6.42 Å². The highest BCUT2D eigenvalue weighted by Gasteiger charge is 2.31. The van der Waals surface area contributed by atoms with Crippen LogP contribution in [0.2, 0.25) is 0 Å². The molecule has 0 heterocycles. The van der Waals surface area contributed by atoms with Crippen molar-refractivity contribution in [2.24, 2.45) is 5.41 Å². The Morgan fingerprint density at radius 2 is 2.06 bits per heavy atom. The quantitative estimate of drug-likeness (QED) is 0.374. The maximum atomic E-state index is 11.6. The number of carbonyl (C=O) groups excluding carboxylic acids is 2. The molecule has 0 aliphatic carbocycles. The predicted octanol–water partition coefficient (Wildman–Crippen LogP) is 2.45. The van der Waals surface area contributed by atoms with Gasteiger partial charge in [0.05, 0.1) is 18.3 Å². The fraction of sp³-hybridized carbons (Fsp3) is 0.667. The monoisotopic (exact) mass is 244 g/mol. The number of ketones is 1. The van der Waals surface area contributed by atoms with Gasteiger partial charge in [-0.3, -0.25) is 9.59 Å². The van der Waals surface area contributed by atoms with Gasteiger partial charge >= 0.3 is 5.97 Å². The Morgan fingerprint density at radius 3 is 2.56 bits per heavy atom. The summed E-state index contributed by atoms with van der Waals surface area (Å²) in [6, 6.07) is 0. The smallest absolute Gasteiger partial charge is 0.311 e. The van der Waals surface area contributed by atoms with Crippen LogP contribution in [0.4, 0.5) is 0 Å². The van der Waals surface area contributed by atoms with Gasteiger partial charge in [-0.05, 0) is 26.0 Å². The Morgan fingerprint density at radius 1 is 1.44 bits per heavy atom. The lowest BCUT2D eigenvalue weighted by molar-refractivity contribution is -0.152. The lowest BCUT2D eigenvalue weighted by atomic mass is 9.88. The summed E-state index contributed by atoms with van der Waals surface area (Å²) >= 11 is 1.57. The third-order valence-corrected chi connectivity index (χ3v) is 3.16. The summed E-state index contributed by atoms with van der Waals surface area (Å²) in [5.41, 5.74) is -0.717. The van der Waals surface area contributed by atoms with Crippen molar-refractivity contribution in [3.63, 3.8) is 0 Å². The molecule has 0 bridgehead atoms. The van der Waals surface area contributed by atoms with Crippen LogP contribution in [0.1, 0.15) is 26.7 Å². The van der Waals surface area contributed by atoms with Crippen LogP contribution >= 0.6 is 11.8 Å². The highest BCUT2D eigenvalue weighted by Crippen LogP contribution is 2.23. The Labute approximate surface area is 102 Å². The molecule has 0 aliphatic rings. The van der Waals surface area contributed by atoms with Crippen LogP contribution in [0.15, 0.2) is 12.7 Å².